The van der Waals surface area contributed by atoms with Gasteiger partial charge in [-0.05, 0) is 24.1 Å². The van der Waals surface area contributed by atoms with Crippen molar-refractivity contribution in [3.05, 3.63) is 35.6 Å². The van der Waals surface area contributed by atoms with Crippen molar-refractivity contribution >= 4 is 15.9 Å². The molecule has 0 saturated heterocycles. The van der Waals surface area contributed by atoms with Gasteiger partial charge in [0, 0.05) is 18.4 Å². The van der Waals surface area contributed by atoms with Crippen molar-refractivity contribution in [1.82, 2.24) is 0 Å². The Morgan fingerprint density at radius 2 is 1.78 bits per heavy atom. The molecule has 0 N–H and O–H groups in total. The normalized spacial score (nSPS) is 13.6. The summed E-state index contributed by atoms with van der Waals surface area (Å²) in [5.41, 5.74) is 0.736. The molecular weight excluding hydrogens is 316 g/mol. The second-order valence-electron chi connectivity index (χ2n) is 3.78. The van der Waals surface area contributed by atoms with Gasteiger partial charge in [-0.3, -0.25) is 0 Å². The van der Waals surface area contributed by atoms with Crippen LogP contribution in [0.1, 0.15) is 24.5 Å². The molecule has 1 rings (SSSR count). The number of hydrogen-bond acceptors (Lipinski definition) is 1. The predicted octanol–water partition coefficient (Wildman–Crippen LogP) is 4.62. The van der Waals surface area contributed by atoms with Crippen molar-refractivity contribution in [3.63, 3.8) is 0 Å². The summed E-state index contributed by atoms with van der Waals surface area (Å²) in [5, 5.41) is 0.449. The molecule has 1 unspecified atom stereocenters. The van der Waals surface area contributed by atoms with E-state index >= 15 is 0 Å². The van der Waals surface area contributed by atoms with E-state index in [0.29, 0.717) is 5.33 Å². The highest BCUT2D eigenvalue weighted by Crippen LogP contribution is 2.24. The number of rotatable bonds is 6. The minimum absolute atomic E-state index is 0.0210. The Kier molecular flexibility index (Phi) is 6.08. The number of benzene rings is 1. The molecule has 0 heterocycles. The first-order valence-electron chi connectivity index (χ1n) is 5.42. The fourth-order valence-corrected chi connectivity index (χ4v) is 1.97. The van der Waals surface area contributed by atoms with E-state index in [2.05, 4.69) is 15.9 Å². The Labute approximate surface area is 111 Å². The van der Waals surface area contributed by atoms with Gasteiger partial charge in [0.2, 0.25) is 0 Å². The van der Waals surface area contributed by atoms with Gasteiger partial charge in [-0.1, -0.05) is 28.1 Å². The van der Waals surface area contributed by atoms with Gasteiger partial charge < -0.3 is 4.74 Å². The second kappa shape index (κ2) is 7.09. The van der Waals surface area contributed by atoms with Crippen LogP contribution in [0.4, 0.5) is 17.6 Å². The van der Waals surface area contributed by atoms with E-state index in [4.69, 9.17) is 4.74 Å². The number of alkyl halides is 4. The van der Waals surface area contributed by atoms with Crippen LogP contribution in [0.5, 0.6) is 0 Å². The monoisotopic (exact) mass is 328 g/mol. The lowest BCUT2D eigenvalue weighted by molar-refractivity contribution is -0.138. The third-order valence-electron chi connectivity index (χ3n) is 2.31. The fourth-order valence-electron chi connectivity index (χ4n) is 1.41. The van der Waals surface area contributed by atoms with Crippen molar-refractivity contribution in [3.8, 4) is 0 Å². The van der Waals surface area contributed by atoms with Crippen LogP contribution in [0.3, 0.4) is 0 Å². The zero-order valence-electron chi connectivity index (χ0n) is 9.51. The van der Waals surface area contributed by atoms with E-state index in [9.17, 15) is 17.6 Å². The molecule has 0 bridgehead atoms. The van der Waals surface area contributed by atoms with E-state index in [1.165, 1.54) is 12.1 Å². The predicted molar refractivity (Wildman–Crippen MR) is 64.2 cm³/mol. The second-order valence-corrected chi connectivity index (χ2v) is 4.43. The van der Waals surface area contributed by atoms with Gasteiger partial charge in [0.1, 0.15) is 5.82 Å². The third-order valence-corrected chi connectivity index (χ3v) is 2.89. The van der Waals surface area contributed by atoms with Crippen molar-refractivity contribution < 1.29 is 22.3 Å². The average Bonchev–Trinajstić information content (AvgIpc) is 2.29. The average molecular weight is 329 g/mol. The van der Waals surface area contributed by atoms with Gasteiger partial charge in [-0.2, -0.15) is 13.2 Å². The molecule has 1 nitrogen and oxygen atoms in total. The molecular formula is C12H13BrF4O. The molecule has 18 heavy (non-hydrogen) atoms. The van der Waals surface area contributed by atoms with E-state index in [0.717, 1.165) is 5.56 Å². The summed E-state index contributed by atoms with van der Waals surface area (Å²) >= 11 is 3.22. The van der Waals surface area contributed by atoms with Crippen LogP contribution >= 0.6 is 15.9 Å². The Hall–Kier alpha value is -0.620. The highest BCUT2D eigenvalue weighted by Gasteiger charge is 2.26. The van der Waals surface area contributed by atoms with Crippen LogP contribution in [-0.2, 0) is 4.74 Å². The lowest BCUT2D eigenvalue weighted by Gasteiger charge is -2.16. The molecule has 1 atom stereocenters. The van der Waals surface area contributed by atoms with Crippen LogP contribution in [-0.4, -0.2) is 18.1 Å². The first kappa shape index (κ1) is 15.4. The van der Waals surface area contributed by atoms with Crippen LogP contribution in [0.25, 0.3) is 0 Å². The lowest BCUT2D eigenvalue weighted by Crippen LogP contribution is -2.11. The molecule has 1 aromatic carbocycles. The van der Waals surface area contributed by atoms with Crippen LogP contribution < -0.4 is 0 Å². The highest BCUT2D eigenvalue weighted by molar-refractivity contribution is 9.09. The maximum absolute atomic E-state index is 12.7. The van der Waals surface area contributed by atoms with E-state index in [1.807, 2.05) is 0 Å². The number of ether oxygens (including phenoxy) is 1. The zero-order chi connectivity index (χ0) is 13.6. The summed E-state index contributed by atoms with van der Waals surface area (Å²) in [6.45, 7) is 0.0210. The SMILES string of the molecule is Fc1ccc(C(CBr)OCCCC(F)(F)F)cc1. The van der Waals surface area contributed by atoms with Crippen LogP contribution in [0, 0.1) is 5.82 Å². The maximum Gasteiger partial charge on any atom is 0.389 e. The Morgan fingerprint density at radius 3 is 2.28 bits per heavy atom. The Morgan fingerprint density at radius 1 is 1.17 bits per heavy atom. The molecule has 6 heteroatoms. The first-order valence-corrected chi connectivity index (χ1v) is 6.54. The molecule has 0 aliphatic heterocycles. The Bertz CT molecular complexity index is 350. The standard InChI is InChI=1S/C12H13BrF4O/c13-8-11(9-2-4-10(14)5-3-9)18-7-1-6-12(15,16)17/h2-5,11H,1,6-8H2. The van der Waals surface area contributed by atoms with Gasteiger partial charge >= 0.3 is 6.18 Å². The van der Waals surface area contributed by atoms with Gasteiger partial charge in [0.25, 0.3) is 0 Å². The van der Waals surface area contributed by atoms with E-state index in [-0.39, 0.29) is 24.9 Å². The molecule has 0 saturated carbocycles. The van der Waals surface area contributed by atoms with E-state index in [1.54, 1.807) is 12.1 Å². The van der Waals surface area contributed by atoms with Crippen molar-refractivity contribution in [2.24, 2.45) is 0 Å². The summed E-state index contributed by atoms with van der Waals surface area (Å²) < 4.78 is 53.8. The minimum Gasteiger partial charge on any atom is -0.373 e. The molecule has 0 radical (unpaired) electrons. The summed E-state index contributed by atoms with van der Waals surface area (Å²) in [6.07, 6.45) is -5.44. The third kappa shape index (κ3) is 5.82. The summed E-state index contributed by atoms with van der Waals surface area (Å²) in [6, 6.07) is 5.71. The van der Waals surface area contributed by atoms with Crippen LogP contribution in [0.15, 0.2) is 24.3 Å². The zero-order valence-corrected chi connectivity index (χ0v) is 11.1. The molecule has 1 aromatic rings. The molecule has 0 fully saturated rings. The van der Waals surface area contributed by atoms with Gasteiger partial charge in [-0.25, -0.2) is 4.39 Å². The molecule has 102 valence electrons. The topological polar surface area (TPSA) is 9.23 Å². The first-order chi connectivity index (χ1) is 8.42. The number of hydrogen-bond donors (Lipinski definition) is 0. The highest BCUT2D eigenvalue weighted by atomic mass is 79.9. The molecule has 0 spiro atoms. The van der Waals surface area contributed by atoms with Gasteiger partial charge in [0.15, 0.2) is 0 Å². The molecule has 0 aromatic heterocycles. The summed E-state index contributed by atoms with van der Waals surface area (Å²) in [7, 11) is 0. The maximum atomic E-state index is 12.7. The largest absolute Gasteiger partial charge is 0.389 e. The van der Waals surface area contributed by atoms with Gasteiger partial charge in [-0.15, -0.1) is 0 Å². The van der Waals surface area contributed by atoms with Gasteiger partial charge in [0.05, 0.1) is 6.10 Å². The molecule has 0 aliphatic carbocycles. The Balaban J connectivity index is 2.40. The molecule has 0 aliphatic rings. The van der Waals surface area contributed by atoms with Crippen molar-refractivity contribution in [2.45, 2.75) is 25.1 Å². The summed E-state index contributed by atoms with van der Waals surface area (Å²) in [4.78, 5) is 0. The number of halogens is 5. The van der Waals surface area contributed by atoms with E-state index < -0.39 is 12.6 Å². The fraction of sp³-hybridized carbons (Fsp3) is 0.500. The van der Waals surface area contributed by atoms with Crippen molar-refractivity contribution in [2.75, 3.05) is 11.9 Å². The molecule has 0 amide bonds. The smallest absolute Gasteiger partial charge is 0.373 e. The van der Waals surface area contributed by atoms with Crippen LogP contribution in [0.2, 0.25) is 0 Å². The quantitative estimate of drug-likeness (QED) is 0.420. The lowest BCUT2D eigenvalue weighted by atomic mass is 10.1. The minimum atomic E-state index is -4.15. The summed E-state index contributed by atoms with van der Waals surface area (Å²) in [5.74, 6) is -0.357. The van der Waals surface area contributed by atoms with Crippen molar-refractivity contribution in [1.29, 1.82) is 0 Å².